The number of alkyl halides is 3. The summed E-state index contributed by atoms with van der Waals surface area (Å²) in [5.41, 5.74) is 0. The van der Waals surface area contributed by atoms with Crippen LogP contribution in [-0.4, -0.2) is 12.8 Å². The predicted octanol–water partition coefficient (Wildman–Crippen LogP) is -3.09. The van der Waals surface area contributed by atoms with Crippen LogP contribution in [0.2, 0.25) is 0 Å². The fraction of sp³-hybridized carbons (Fsp3) is 1.00. The Morgan fingerprint density at radius 3 is 1.43 bits per heavy atom. The molecule has 5 heteroatoms. The SMILES string of the molecule is [Cs+].[O-]CC(F)(F)F. The summed E-state index contributed by atoms with van der Waals surface area (Å²) in [6.07, 6.45) is -4.51. The minimum atomic E-state index is -4.51. The Balaban J connectivity index is 0. The molecule has 0 aliphatic carbocycles. The van der Waals surface area contributed by atoms with Gasteiger partial charge in [0.15, 0.2) is 0 Å². The second kappa shape index (κ2) is 4.66. The summed E-state index contributed by atoms with van der Waals surface area (Å²) >= 11 is 0. The molecule has 0 aliphatic rings. The van der Waals surface area contributed by atoms with E-state index in [1.54, 1.807) is 0 Å². The van der Waals surface area contributed by atoms with Crippen molar-refractivity contribution in [3.8, 4) is 0 Å². The molecule has 0 atom stereocenters. The zero-order valence-electron chi connectivity index (χ0n) is 3.75. The summed E-state index contributed by atoms with van der Waals surface area (Å²) in [7, 11) is 0. The maximum atomic E-state index is 10.5. The maximum Gasteiger partial charge on any atom is 1.00 e. The van der Waals surface area contributed by atoms with Crippen molar-refractivity contribution in [1.29, 1.82) is 0 Å². The molecule has 0 aromatic rings. The van der Waals surface area contributed by atoms with Gasteiger partial charge in [0.1, 0.15) is 0 Å². The van der Waals surface area contributed by atoms with Gasteiger partial charge in [0.05, 0.1) is 0 Å². The van der Waals surface area contributed by atoms with E-state index in [1.807, 2.05) is 0 Å². The van der Waals surface area contributed by atoms with Crippen molar-refractivity contribution in [3.63, 3.8) is 0 Å². The predicted molar refractivity (Wildman–Crippen MR) is 10.9 cm³/mol. The largest absolute Gasteiger partial charge is 1.00 e. The molecule has 0 rings (SSSR count). The van der Waals surface area contributed by atoms with Crippen molar-refractivity contribution in [2.45, 2.75) is 6.18 Å². The first kappa shape index (κ1) is 11.6. The van der Waals surface area contributed by atoms with Crippen molar-refractivity contribution in [2.24, 2.45) is 0 Å². The Labute approximate surface area is 97.7 Å². The molecule has 0 unspecified atom stereocenters. The van der Waals surface area contributed by atoms with Crippen LogP contribution in [0.3, 0.4) is 0 Å². The van der Waals surface area contributed by atoms with E-state index >= 15 is 0 Å². The summed E-state index contributed by atoms with van der Waals surface area (Å²) in [6, 6.07) is 0. The third-order valence-electron chi connectivity index (χ3n) is 0.164. The molecule has 0 bridgehead atoms. The van der Waals surface area contributed by atoms with Gasteiger partial charge in [0.25, 0.3) is 0 Å². The number of halogens is 3. The molecule has 0 saturated carbocycles. The van der Waals surface area contributed by atoms with Crippen molar-refractivity contribution < 1.29 is 87.2 Å². The first-order valence-electron chi connectivity index (χ1n) is 1.21. The molecule has 0 aromatic heterocycles. The van der Waals surface area contributed by atoms with Crippen LogP contribution in [0, 0.1) is 0 Å². The molecule has 0 spiro atoms. The number of hydrogen-bond donors (Lipinski definition) is 0. The monoisotopic (exact) mass is 232 g/mol. The van der Waals surface area contributed by atoms with E-state index in [2.05, 4.69) is 0 Å². The fourth-order valence-corrected chi connectivity index (χ4v) is 0. The first-order chi connectivity index (χ1) is 2.56. The van der Waals surface area contributed by atoms with Gasteiger partial charge in [-0.1, -0.05) is 0 Å². The van der Waals surface area contributed by atoms with Crippen molar-refractivity contribution in [3.05, 3.63) is 0 Å². The van der Waals surface area contributed by atoms with Gasteiger partial charge in [-0.3, -0.25) is 0 Å². The van der Waals surface area contributed by atoms with E-state index in [-0.39, 0.29) is 68.9 Å². The standard InChI is InChI=1S/C2H2F3O.Cs/c3-2(4,5)1-6;/h1H2;/q-1;+1. The van der Waals surface area contributed by atoms with Crippen LogP contribution >= 0.6 is 0 Å². The van der Waals surface area contributed by atoms with Crippen molar-refractivity contribution >= 4 is 0 Å². The molecule has 0 radical (unpaired) electrons. The van der Waals surface area contributed by atoms with E-state index in [1.165, 1.54) is 0 Å². The average Bonchev–Trinajstić information content (AvgIpc) is 1.35. The summed E-state index contributed by atoms with van der Waals surface area (Å²) in [5.74, 6) is 0. The van der Waals surface area contributed by atoms with Crippen LogP contribution in [-0.2, 0) is 0 Å². The molecule has 1 nitrogen and oxygen atoms in total. The molecule has 0 aromatic carbocycles. The van der Waals surface area contributed by atoms with Gasteiger partial charge >= 0.3 is 75.1 Å². The van der Waals surface area contributed by atoms with Gasteiger partial charge in [-0.2, -0.15) is 13.2 Å². The maximum absolute atomic E-state index is 10.5. The summed E-state index contributed by atoms with van der Waals surface area (Å²) in [5, 5.41) is 8.83. The van der Waals surface area contributed by atoms with Gasteiger partial charge in [-0.15, -0.1) is 0 Å². The van der Waals surface area contributed by atoms with E-state index in [0.29, 0.717) is 0 Å². The number of hydrogen-bond acceptors (Lipinski definition) is 1. The Morgan fingerprint density at radius 1 is 1.29 bits per heavy atom. The summed E-state index contributed by atoms with van der Waals surface area (Å²) in [4.78, 5) is 0. The molecular weight excluding hydrogens is 230 g/mol. The molecule has 0 saturated heterocycles. The Bertz CT molecular complexity index is 42.7. The minimum absolute atomic E-state index is 0. The van der Waals surface area contributed by atoms with Gasteiger partial charge in [0, 0.05) is 0 Å². The average molecular weight is 232 g/mol. The van der Waals surface area contributed by atoms with Crippen LogP contribution in [0.15, 0.2) is 0 Å². The van der Waals surface area contributed by atoms with E-state index in [9.17, 15) is 13.2 Å². The molecule has 0 amide bonds. The molecular formula is C2H2CsF3O. The zero-order valence-corrected chi connectivity index (χ0v) is 10.0. The molecule has 7 heavy (non-hydrogen) atoms. The summed E-state index contributed by atoms with van der Waals surface area (Å²) < 4.78 is 31.4. The van der Waals surface area contributed by atoms with Gasteiger partial charge < -0.3 is 5.11 Å². The topological polar surface area (TPSA) is 23.1 Å². The van der Waals surface area contributed by atoms with Gasteiger partial charge in [-0.05, 0) is 6.61 Å². The minimum Gasteiger partial charge on any atom is -0.848 e. The van der Waals surface area contributed by atoms with Crippen LogP contribution < -0.4 is 74.0 Å². The van der Waals surface area contributed by atoms with Crippen molar-refractivity contribution in [1.82, 2.24) is 0 Å². The zero-order chi connectivity index (χ0) is 5.21. The van der Waals surface area contributed by atoms with Gasteiger partial charge in [0.2, 0.25) is 0 Å². The van der Waals surface area contributed by atoms with Crippen molar-refractivity contribution in [2.75, 3.05) is 6.61 Å². The second-order valence-corrected chi connectivity index (χ2v) is 0.760. The molecule has 0 N–H and O–H groups in total. The quantitative estimate of drug-likeness (QED) is 0.434. The summed E-state index contributed by atoms with van der Waals surface area (Å²) in [6.45, 7) is -1.98. The molecule has 0 aliphatic heterocycles. The van der Waals surface area contributed by atoms with Crippen LogP contribution in [0.1, 0.15) is 0 Å². The van der Waals surface area contributed by atoms with E-state index in [4.69, 9.17) is 5.11 Å². The molecule has 38 valence electrons. The third-order valence-corrected chi connectivity index (χ3v) is 0.164. The van der Waals surface area contributed by atoms with Crippen LogP contribution in [0.5, 0.6) is 0 Å². The Morgan fingerprint density at radius 2 is 1.43 bits per heavy atom. The fourth-order valence-electron chi connectivity index (χ4n) is 0. The second-order valence-electron chi connectivity index (χ2n) is 0.760. The molecule has 0 heterocycles. The van der Waals surface area contributed by atoms with Crippen LogP contribution in [0.4, 0.5) is 13.2 Å². The smallest absolute Gasteiger partial charge is 0.848 e. The van der Waals surface area contributed by atoms with E-state index < -0.39 is 12.8 Å². The number of rotatable bonds is 0. The molecule has 0 fully saturated rings. The van der Waals surface area contributed by atoms with E-state index in [0.717, 1.165) is 0 Å². The van der Waals surface area contributed by atoms with Crippen LogP contribution in [0.25, 0.3) is 0 Å². The Kier molecular flexibility index (Phi) is 7.71. The Hall–Kier alpha value is 1.80. The van der Waals surface area contributed by atoms with Gasteiger partial charge in [-0.25, -0.2) is 0 Å². The first-order valence-corrected chi connectivity index (χ1v) is 1.21. The third kappa shape index (κ3) is 11.4. The normalized spacial score (nSPS) is 10.3.